The van der Waals surface area contributed by atoms with Crippen LogP contribution in [0, 0.1) is 6.92 Å². The summed E-state index contributed by atoms with van der Waals surface area (Å²) in [6, 6.07) is 13.2. The molecule has 2 heterocycles. The summed E-state index contributed by atoms with van der Waals surface area (Å²) in [5.41, 5.74) is 2.13. The molecule has 7 nitrogen and oxygen atoms in total. The molecule has 0 bridgehead atoms. The first-order valence-corrected chi connectivity index (χ1v) is 8.13. The number of aromatic nitrogens is 2. The molecule has 132 valence electrons. The van der Waals surface area contributed by atoms with Gasteiger partial charge < -0.3 is 4.74 Å². The van der Waals surface area contributed by atoms with Crippen LogP contribution in [0.3, 0.4) is 0 Å². The SMILES string of the molecule is Cc1ccc(OC(=O)c2ccc(N3C(=O)c4cnncc4C3=O)cc2)cc1. The minimum absolute atomic E-state index is 0.206. The minimum Gasteiger partial charge on any atom is -0.423 e. The van der Waals surface area contributed by atoms with E-state index in [9.17, 15) is 14.4 Å². The highest BCUT2D eigenvalue weighted by Crippen LogP contribution is 2.27. The van der Waals surface area contributed by atoms with E-state index < -0.39 is 17.8 Å². The van der Waals surface area contributed by atoms with E-state index in [0.717, 1.165) is 10.5 Å². The van der Waals surface area contributed by atoms with Gasteiger partial charge >= 0.3 is 5.97 Å². The third-order valence-electron chi connectivity index (χ3n) is 4.19. The zero-order valence-electron chi connectivity index (χ0n) is 14.2. The Balaban J connectivity index is 1.54. The maximum atomic E-state index is 12.4. The first-order chi connectivity index (χ1) is 13.0. The summed E-state index contributed by atoms with van der Waals surface area (Å²) in [6.45, 7) is 1.94. The monoisotopic (exact) mass is 359 g/mol. The number of amides is 2. The normalized spacial score (nSPS) is 12.9. The van der Waals surface area contributed by atoms with E-state index in [1.165, 1.54) is 36.7 Å². The fourth-order valence-corrected chi connectivity index (χ4v) is 2.75. The lowest BCUT2D eigenvalue weighted by Gasteiger charge is -2.14. The van der Waals surface area contributed by atoms with Crippen LogP contribution < -0.4 is 9.64 Å². The third-order valence-corrected chi connectivity index (χ3v) is 4.19. The number of carbonyl (C=O) groups excluding carboxylic acids is 3. The first-order valence-electron chi connectivity index (χ1n) is 8.13. The molecule has 1 aromatic heterocycles. The second-order valence-electron chi connectivity index (χ2n) is 6.01. The van der Waals surface area contributed by atoms with Crippen molar-refractivity contribution in [3.05, 3.63) is 83.2 Å². The lowest BCUT2D eigenvalue weighted by Crippen LogP contribution is -2.29. The van der Waals surface area contributed by atoms with Gasteiger partial charge in [0.15, 0.2) is 0 Å². The fraction of sp³-hybridized carbons (Fsp3) is 0.0500. The number of nitrogens with zero attached hydrogens (tertiary/aromatic N) is 3. The number of aryl methyl sites for hydroxylation is 1. The van der Waals surface area contributed by atoms with Gasteiger partial charge in [0.1, 0.15) is 5.75 Å². The summed E-state index contributed by atoms with van der Waals surface area (Å²) in [7, 11) is 0. The fourth-order valence-electron chi connectivity index (χ4n) is 2.75. The van der Waals surface area contributed by atoms with Crippen molar-refractivity contribution >= 4 is 23.5 Å². The average molecular weight is 359 g/mol. The molecule has 0 unspecified atom stereocenters. The molecule has 0 atom stereocenters. The molecule has 0 spiro atoms. The maximum absolute atomic E-state index is 12.4. The number of imide groups is 1. The number of hydrogen-bond acceptors (Lipinski definition) is 6. The predicted molar refractivity (Wildman–Crippen MR) is 95.8 cm³/mol. The van der Waals surface area contributed by atoms with Crippen LogP contribution in [0.2, 0.25) is 0 Å². The van der Waals surface area contributed by atoms with E-state index in [0.29, 0.717) is 17.0 Å². The zero-order chi connectivity index (χ0) is 19.0. The molecule has 0 fully saturated rings. The highest BCUT2D eigenvalue weighted by atomic mass is 16.5. The molecule has 2 amide bonds. The van der Waals surface area contributed by atoms with E-state index in [4.69, 9.17) is 4.74 Å². The summed E-state index contributed by atoms with van der Waals surface area (Å²) < 4.78 is 5.31. The third kappa shape index (κ3) is 2.95. The predicted octanol–water partition coefficient (Wildman–Crippen LogP) is 2.80. The first kappa shape index (κ1) is 16.6. The molecule has 1 aliphatic rings. The van der Waals surface area contributed by atoms with Gasteiger partial charge in [-0.1, -0.05) is 17.7 Å². The Labute approximate surface area is 154 Å². The highest BCUT2D eigenvalue weighted by Gasteiger charge is 2.37. The Bertz CT molecular complexity index is 1020. The molecule has 3 aromatic rings. The van der Waals surface area contributed by atoms with Crippen molar-refractivity contribution < 1.29 is 19.1 Å². The Morgan fingerprint density at radius 1 is 0.852 bits per heavy atom. The smallest absolute Gasteiger partial charge is 0.343 e. The van der Waals surface area contributed by atoms with E-state index in [-0.39, 0.29) is 11.1 Å². The van der Waals surface area contributed by atoms with E-state index >= 15 is 0 Å². The molecule has 0 N–H and O–H groups in total. The minimum atomic E-state index is -0.527. The lowest BCUT2D eigenvalue weighted by atomic mass is 10.2. The van der Waals surface area contributed by atoms with Gasteiger partial charge in [0, 0.05) is 0 Å². The van der Waals surface area contributed by atoms with Crippen molar-refractivity contribution in [2.75, 3.05) is 4.90 Å². The molecule has 0 saturated heterocycles. The summed E-state index contributed by atoms with van der Waals surface area (Å²) in [6.07, 6.45) is 2.53. The highest BCUT2D eigenvalue weighted by molar-refractivity contribution is 6.34. The second kappa shape index (κ2) is 6.45. The quantitative estimate of drug-likeness (QED) is 0.406. The Morgan fingerprint density at radius 3 is 1.96 bits per heavy atom. The van der Waals surface area contributed by atoms with Gasteiger partial charge in [-0.3, -0.25) is 9.59 Å². The second-order valence-corrected chi connectivity index (χ2v) is 6.01. The largest absolute Gasteiger partial charge is 0.423 e. The van der Waals surface area contributed by atoms with Crippen LogP contribution in [-0.2, 0) is 0 Å². The number of benzene rings is 2. The van der Waals surface area contributed by atoms with Crippen LogP contribution >= 0.6 is 0 Å². The summed E-state index contributed by atoms with van der Waals surface area (Å²) in [5, 5.41) is 7.28. The van der Waals surface area contributed by atoms with E-state index in [1.807, 2.05) is 19.1 Å². The summed E-state index contributed by atoms with van der Waals surface area (Å²) in [5.74, 6) is -1.03. The van der Waals surface area contributed by atoms with Crippen molar-refractivity contribution in [2.24, 2.45) is 0 Å². The van der Waals surface area contributed by atoms with Gasteiger partial charge in [-0.15, -0.1) is 0 Å². The van der Waals surface area contributed by atoms with Crippen LogP contribution in [0.4, 0.5) is 5.69 Å². The van der Waals surface area contributed by atoms with Crippen LogP contribution in [0.5, 0.6) is 5.75 Å². The number of fused-ring (bicyclic) bond motifs is 1. The van der Waals surface area contributed by atoms with Crippen molar-refractivity contribution in [2.45, 2.75) is 6.92 Å². The zero-order valence-corrected chi connectivity index (χ0v) is 14.2. The molecule has 7 heteroatoms. The molecule has 0 saturated carbocycles. The molecule has 27 heavy (non-hydrogen) atoms. The molecule has 4 rings (SSSR count). The topological polar surface area (TPSA) is 89.5 Å². The van der Waals surface area contributed by atoms with Gasteiger partial charge in [0.05, 0.1) is 34.8 Å². The Morgan fingerprint density at radius 2 is 1.41 bits per heavy atom. The van der Waals surface area contributed by atoms with E-state index in [2.05, 4.69) is 10.2 Å². The number of hydrogen-bond donors (Lipinski definition) is 0. The molecule has 2 aromatic carbocycles. The Kier molecular flexibility index (Phi) is 3.97. The maximum Gasteiger partial charge on any atom is 0.343 e. The summed E-state index contributed by atoms with van der Waals surface area (Å²) in [4.78, 5) is 38.2. The van der Waals surface area contributed by atoms with Crippen LogP contribution in [0.15, 0.2) is 60.9 Å². The van der Waals surface area contributed by atoms with Gasteiger partial charge in [-0.2, -0.15) is 10.2 Å². The average Bonchev–Trinajstić information content (AvgIpc) is 2.95. The van der Waals surface area contributed by atoms with Crippen molar-refractivity contribution in [1.82, 2.24) is 10.2 Å². The van der Waals surface area contributed by atoms with Crippen LogP contribution in [-0.4, -0.2) is 28.0 Å². The van der Waals surface area contributed by atoms with Crippen LogP contribution in [0.1, 0.15) is 36.6 Å². The number of rotatable bonds is 3. The van der Waals surface area contributed by atoms with Gasteiger partial charge in [-0.25, -0.2) is 9.69 Å². The molecule has 0 aliphatic carbocycles. The van der Waals surface area contributed by atoms with E-state index in [1.54, 1.807) is 12.1 Å². The van der Waals surface area contributed by atoms with Crippen molar-refractivity contribution in [3.8, 4) is 5.75 Å². The van der Waals surface area contributed by atoms with Gasteiger partial charge in [0.25, 0.3) is 11.8 Å². The summed E-state index contributed by atoms with van der Waals surface area (Å²) >= 11 is 0. The van der Waals surface area contributed by atoms with Gasteiger partial charge in [0.2, 0.25) is 0 Å². The van der Waals surface area contributed by atoms with Crippen molar-refractivity contribution in [1.29, 1.82) is 0 Å². The number of anilines is 1. The molecular formula is C20H13N3O4. The molecule has 0 radical (unpaired) electrons. The number of ether oxygens (including phenoxy) is 1. The Hall–Kier alpha value is -3.87. The van der Waals surface area contributed by atoms with Crippen molar-refractivity contribution in [3.63, 3.8) is 0 Å². The molecular weight excluding hydrogens is 346 g/mol. The number of esters is 1. The van der Waals surface area contributed by atoms with Gasteiger partial charge in [-0.05, 0) is 43.3 Å². The standard InChI is InChI=1S/C20H13N3O4/c1-12-2-8-15(9-3-12)27-20(26)13-4-6-14(7-5-13)23-18(24)16-10-21-22-11-17(16)19(23)25/h2-11H,1H3. The number of carbonyl (C=O) groups is 3. The lowest BCUT2D eigenvalue weighted by molar-refractivity contribution is 0.0734. The van der Waals surface area contributed by atoms with Crippen LogP contribution in [0.25, 0.3) is 0 Å². The molecule has 1 aliphatic heterocycles.